The molecule has 108 valence electrons. The molecule has 0 amide bonds. The van der Waals surface area contributed by atoms with Crippen LogP contribution in [0.1, 0.15) is 36.5 Å². The van der Waals surface area contributed by atoms with Gasteiger partial charge < -0.3 is 0 Å². The van der Waals surface area contributed by atoms with Gasteiger partial charge in [-0.15, -0.1) is 0 Å². The topological polar surface area (TPSA) is 49.6 Å². The van der Waals surface area contributed by atoms with Crippen LogP contribution in [0.2, 0.25) is 0 Å². The first-order chi connectivity index (χ1) is 10.6. The lowest BCUT2D eigenvalue weighted by Crippen LogP contribution is -2.01. The van der Waals surface area contributed by atoms with Crippen LogP contribution in [0.5, 0.6) is 0 Å². The van der Waals surface area contributed by atoms with Gasteiger partial charge in [-0.05, 0) is 43.7 Å². The predicted molar refractivity (Wildman–Crippen MR) is 91.7 cm³/mol. The molecular formula is C19H17N3. The van der Waals surface area contributed by atoms with Crippen LogP contribution in [-0.2, 0) is 0 Å². The van der Waals surface area contributed by atoms with Gasteiger partial charge in [-0.1, -0.05) is 31.4 Å². The van der Waals surface area contributed by atoms with Gasteiger partial charge >= 0.3 is 0 Å². The summed E-state index contributed by atoms with van der Waals surface area (Å²) >= 11 is 0. The van der Waals surface area contributed by atoms with E-state index in [-0.39, 0.29) is 0 Å². The Morgan fingerprint density at radius 1 is 1.09 bits per heavy atom. The Labute approximate surface area is 131 Å². The lowest BCUT2D eigenvalue weighted by Gasteiger charge is -2.12. The van der Waals surface area contributed by atoms with Crippen LogP contribution in [0.4, 0.5) is 0 Å². The Bertz CT molecular complexity index is 791. The summed E-state index contributed by atoms with van der Waals surface area (Å²) in [5.41, 5.74) is 5.57. The third kappa shape index (κ3) is 2.87. The zero-order valence-corrected chi connectivity index (χ0v) is 12.8. The van der Waals surface area contributed by atoms with E-state index >= 15 is 0 Å². The highest BCUT2D eigenvalue weighted by Crippen LogP contribution is 2.27. The number of hydrogen-bond acceptors (Lipinski definition) is 3. The molecule has 1 heterocycles. The Morgan fingerprint density at radius 3 is 2.18 bits per heavy atom. The summed E-state index contributed by atoms with van der Waals surface area (Å²) in [5, 5.41) is 8.92. The third-order valence-electron chi connectivity index (χ3n) is 3.43. The summed E-state index contributed by atoms with van der Waals surface area (Å²) in [6.45, 7) is 11.5. The molecule has 1 aromatic carbocycles. The maximum absolute atomic E-state index is 8.92. The molecule has 0 aliphatic carbocycles. The Balaban J connectivity index is 2.73. The highest BCUT2D eigenvalue weighted by Gasteiger charge is 2.13. The van der Waals surface area contributed by atoms with Crippen molar-refractivity contribution in [2.45, 2.75) is 13.8 Å². The summed E-state index contributed by atoms with van der Waals surface area (Å²) in [4.78, 5) is 9.35. The summed E-state index contributed by atoms with van der Waals surface area (Å²) in [5.74, 6) is 0. The molecule has 0 unspecified atom stereocenters. The SMILES string of the molecule is C=Cc1nc(/C(C)=C/C)c(-c2ccc(C#N)cc2)nc1C=C. The lowest BCUT2D eigenvalue weighted by atomic mass is 10.0. The van der Waals surface area contributed by atoms with E-state index in [1.165, 1.54) is 0 Å². The fourth-order valence-corrected chi connectivity index (χ4v) is 2.08. The molecule has 0 saturated heterocycles. The molecule has 0 saturated carbocycles. The van der Waals surface area contributed by atoms with E-state index in [1.807, 2.05) is 32.1 Å². The molecule has 3 heteroatoms. The van der Waals surface area contributed by atoms with Crippen LogP contribution < -0.4 is 0 Å². The van der Waals surface area contributed by atoms with Crippen molar-refractivity contribution in [2.24, 2.45) is 0 Å². The summed E-state index contributed by atoms with van der Waals surface area (Å²) in [7, 11) is 0. The molecule has 22 heavy (non-hydrogen) atoms. The number of nitriles is 1. The Hall–Kier alpha value is -2.99. The highest BCUT2D eigenvalue weighted by atomic mass is 14.8. The van der Waals surface area contributed by atoms with Gasteiger partial charge in [-0.3, -0.25) is 0 Å². The van der Waals surface area contributed by atoms with Crippen molar-refractivity contribution in [3.63, 3.8) is 0 Å². The van der Waals surface area contributed by atoms with Crippen LogP contribution in [-0.4, -0.2) is 9.97 Å². The predicted octanol–water partition coefficient (Wildman–Crippen LogP) is 4.72. The van der Waals surface area contributed by atoms with Crippen LogP contribution in [0.15, 0.2) is 43.5 Å². The molecule has 3 nitrogen and oxygen atoms in total. The third-order valence-corrected chi connectivity index (χ3v) is 3.43. The molecule has 0 radical (unpaired) electrons. The van der Waals surface area contributed by atoms with Crippen molar-refractivity contribution in [1.82, 2.24) is 9.97 Å². The van der Waals surface area contributed by atoms with Crippen molar-refractivity contribution in [2.75, 3.05) is 0 Å². The average molecular weight is 287 g/mol. The van der Waals surface area contributed by atoms with E-state index in [9.17, 15) is 0 Å². The molecule has 0 bridgehead atoms. The van der Waals surface area contributed by atoms with E-state index < -0.39 is 0 Å². The Morgan fingerprint density at radius 2 is 1.68 bits per heavy atom. The zero-order valence-electron chi connectivity index (χ0n) is 12.8. The van der Waals surface area contributed by atoms with Gasteiger partial charge in [0.1, 0.15) is 0 Å². The second-order valence-electron chi connectivity index (χ2n) is 4.76. The van der Waals surface area contributed by atoms with E-state index in [1.54, 1.807) is 24.3 Å². The lowest BCUT2D eigenvalue weighted by molar-refractivity contribution is 1.13. The maximum Gasteiger partial charge on any atom is 0.0991 e. The van der Waals surface area contributed by atoms with Crippen molar-refractivity contribution < 1.29 is 0 Å². The summed E-state index contributed by atoms with van der Waals surface area (Å²) < 4.78 is 0. The van der Waals surface area contributed by atoms with E-state index in [0.717, 1.165) is 22.5 Å². The first-order valence-corrected chi connectivity index (χ1v) is 6.95. The van der Waals surface area contributed by atoms with Crippen molar-refractivity contribution in [3.05, 3.63) is 66.1 Å². The summed E-state index contributed by atoms with van der Waals surface area (Å²) in [6.07, 6.45) is 5.35. The smallest absolute Gasteiger partial charge is 0.0991 e. The van der Waals surface area contributed by atoms with Crippen molar-refractivity contribution >= 4 is 17.7 Å². The van der Waals surface area contributed by atoms with E-state index in [4.69, 9.17) is 5.26 Å². The van der Waals surface area contributed by atoms with Crippen LogP contribution in [0.25, 0.3) is 29.0 Å². The molecule has 2 rings (SSSR count). The minimum Gasteiger partial charge on any atom is -0.244 e. The van der Waals surface area contributed by atoms with Gasteiger partial charge in [-0.25, -0.2) is 9.97 Å². The number of aromatic nitrogens is 2. The molecule has 0 aliphatic rings. The van der Waals surface area contributed by atoms with Crippen LogP contribution in [0, 0.1) is 11.3 Å². The molecule has 0 fully saturated rings. The molecular weight excluding hydrogens is 270 g/mol. The minimum atomic E-state index is 0.618. The number of benzene rings is 1. The first-order valence-electron chi connectivity index (χ1n) is 6.95. The highest BCUT2D eigenvalue weighted by molar-refractivity contribution is 5.78. The molecule has 1 aromatic heterocycles. The quantitative estimate of drug-likeness (QED) is 0.817. The van der Waals surface area contributed by atoms with Gasteiger partial charge in [0.15, 0.2) is 0 Å². The number of allylic oxidation sites excluding steroid dienone is 2. The first kappa shape index (κ1) is 15.4. The Kier molecular flexibility index (Phi) is 4.65. The maximum atomic E-state index is 8.92. The fraction of sp³-hybridized carbons (Fsp3) is 0.105. The van der Waals surface area contributed by atoms with Crippen LogP contribution in [0.3, 0.4) is 0 Å². The van der Waals surface area contributed by atoms with Gasteiger partial charge in [0, 0.05) is 5.56 Å². The van der Waals surface area contributed by atoms with Crippen molar-refractivity contribution in [1.29, 1.82) is 5.26 Å². The normalized spacial score (nSPS) is 10.9. The van der Waals surface area contributed by atoms with Gasteiger partial charge in [0.05, 0.1) is 34.4 Å². The second kappa shape index (κ2) is 6.64. The monoisotopic (exact) mass is 287 g/mol. The number of hydrogen-bond donors (Lipinski definition) is 0. The van der Waals surface area contributed by atoms with E-state index in [2.05, 4.69) is 29.2 Å². The van der Waals surface area contributed by atoms with Gasteiger partial charge in [0.2, 0.25) is 0 Å². The largest absolute Gasteiger partial charge is 0.244 e. The molecule has 2 aromatic rings. The zero-order chi connectivity index (χ0) is 16.1. The van der Waals surface area contributed by atoms with Crippen LogP contribution >= 0.6 is 0 Å². The van der Waals surface area contributed by atoms with Gasteiger partial charge in [0.25, 0.3) is 0 Å². The average Bonchev–Trinajstić information content (AvgIpc) is 2.59. The molecule has 0 N–H and O–H groups in total. The minimum absolute atomic E-state index is 0.618. The number of rotatable bonds is 4. The van der Waals surface area contributed by atoms with Crippen molar-refractivity contribution in [3.8, 4) is 17.3 Å². The van der Waals surface area contributed by atoms with E-state index in [0.29, 0.717) is 17.0 Å². The number of nitrogens with zero attached hydrogens (tertiary/aromatic N) is 3. The molecule has 0 atom stereocenters. The molecule has 0 aliphatic heterocycles. The van der Waals surface area contributed by atoms with Gasteiger partial charge in [-0.2, -0.15) is 5.26 Å². The molecule has 0 spiro atoms. The fourth-order valence-electron chi connectivity index (χ4n) is 2.08. The second-order valence-corrected chi connectivity index (χ2v) is 4.76. The standard InChI is InChI=1S/C19H17N3/c1-5-13(4)18-19(15-10-8-14(12-20)9-11-15)22-17(7-3)16(6-2)21-18/h5-11H,2-3H2,1,4H3/b13-5+. The summed E-state index contributed by atoms with van der Waals surface area (Å²) in [6, 6.07) is 9.44.